The van der Waals surface area contributed by atoms with Gasteiger partial charge in [-0.25, -0.2) is 0 Å². The van der Waals surface area contributed by atoms with Crippen LogP contribution in [-0.2, 0) is 0 Å². The summed E-state index contributed by atoms with van der Waals surface area (Å²) in [6.07, 6.45) is 3.90. The molecule has 1 saturated heterocycles. The minimum absolute atomic E-state index is 0.461. The summed E-state index contributed by atoms with van der Waals surface area (Å²) < 4.78 is 0. The monoisotopic (exact) mass is 315 g/mol. The molecule has 1 fully saturated rings. The van der Waals surface area contributed by atoms with Crippen molar-refractivity contribution >= 4 is 10.8 Å². The van der Waals surface area contributed by atoms with Gasteiger partial charge in [-0.05, 0) is 54.3 Å². The van der Waals surface area contributed by atoms with Crippen LogP contribution in [0.1, 0.15) is 49.4 Å². The number of nitrogens with zero attached hydrogens (tertiary/aromatic N) is 1. The van der Waals surface area contributed by atoms with E-state index in [0.29, 0.717) is 12.1 Å². The van der Waals surface area contributed by atoms with Crippen LogP contribution in [0.15, 0.2) is 72.8 Å². The summed E-state index contributed by atoms with van der Waals surface area (Å²) in [6.45, 7) is 3.54. The second kappa shape index (κ2) is 6.78. The second-order valence-corrected chi connectivity index (χ2v) is 6.94. The Balaban J connectivity index is 1.68. The lowest BCUT2D eigenvalue weighted by molar-refractivity contribution is 0.103. The van der Waals surface area contributed by atoms with Gasteiger partial charge in [0, 0.05) is 12.1 Å². The number of benzene rings is 3. The molecule has 0 aliphatic carbocycles. The van der Waals surface area contributed by atoms with Gasteiger partial charge in [0.25, 0.3) is 0 Å². The predicted molar refractivity (Wildman–Crippen MR) is 102 cm³/mol. The summed E-state index contributed by atoms with van der Waals surface area (Å²) in [5.41, 5.74) is 2.89. The maximum Gasteiger partial charge on any atom is 0.0354 e. The van der Waals surface area contributed by atoms with Crippen molar-refractivity contribution in [2.45, 2.75) is 38.3 Å². The zero-order valence-corrected chi connectivity index (χ0v) is 14.4. The molecule has 0 unspecified atom stereocenters. The zero-order chi connectivity index (χ0) is 16.4. The molecule has 0 N–H and O–H groups in total. The van der Waals surface area contributed by atoms with Crippen LogP contribution in [0, 0.1) is 0 Å². The Hall–Kier alpha value is -2.12. The minimum atomic E-state index is 0.461. The van der Waals surface area contributed by atoms with Crippen molar-refractivity contribution < 1.29 is 0 Å². The first kappa shape index (κ1) is 15.4. The lowest BCUT2D eigenvalue weighted by Crippen LogP contribution is -2.35. The average molecular weight is 315 g/mol. The smallest absolute Gasteiger partial charge is 0.0354 e. The molecule has 3 aromatic rings. The van der Waals surface area contributed by atoms with Crippen molar-refractivity contribution in [3.63, 3.8) is 0 Å². The largest absolute Gasteiger partial charge is 0.290 e. The van der Waals surface area contributed by atoms with Crippen molar-refractivity contribution in [1.82, 2.24) is 4.90 Å². The van der Waals surface area contributed by atoms with Crippen molar-refractivity contribution in [3.8, 4) is 0 Å². The van der Waals surface area contributed by atoms with Gasteiger partial charge in [-0.3, -0.25) is 4.90 Å². The summed E-state index contributed by atoms with van der Waals surface area (Å²) in [5, 5.41) is 2.69. The number of rotatable bonds is 3. The van der Waals surface area contributed by atoms with E-state index in [0.717, 1.165) is 0 Å². The van der Waals surface area contributed by atoms with E-state index < -0.39 is 0 Å². The SMILES string of the molecule is C[C@H](c1ccccc1)N1CCCC[C@H]1c1ccc2ccccc2c1. The molecule has 0 radical (unpaired) electrons. The van der Waals surface area contributed by atoms with E-state index in [-0.39, 0.29) is 0 Å². The Morgan fingerprint density at radius 3 is 2.42 bits per heavy atom. The molecule has 0 aromatic heterocycles. The Labute approximate surface area is 144 Å². The first-order chi connectivity index (χ1) is 11.8. The van der Waals surface area contributed by atoms with Gasteiger partial charge in [0.05, 0.1) is 0 Å². The van der Waals surface area contributed by atoms with Crippen molar-refractivity contribution in [2.24, 2.45) is 0 Å². The number of fused-ring (bicyclic) bond motifs is 1. The van der Waals surface area contributed by atoms with Gasteiger partial charge < -0.3 is 0 Å². The minimum Gasteiger partial charge on any atom is -0.290 e. The third kappa shape index (κ3) is 2.97. The predicted octanol–water partition coefficient (Wildman–Crippen LogP) is 6.13. The molecular weight excluding hydrogens is 290 g/mol. The second-order valence-electron chi connectivity index (χ2n) is 6.94. The van der Waals surface area contributed by atoms with Crippen LogP contribution in [0.25, 0.3) is 10.8 Å². The molecule has 1 nitrogen and oxygen atoms in total. The fraction of sp³-hybridized carbons (Fsp3) is 0.304. The van der Waals surface area contributed by atoms with E-state index in [2.05, 4.69) is 84.6 Å². The number of hydrogen-bond donors (Lipinski definition) is 0. The molecule has 3 aromatic carbocycles. The fourth-order valence-corrected chi connectivity index (χ4v) is 4.11. The lowest BCUT2D eigenvalue weighted by Gasteiger charge is -2.40. The Kier molecular flexibility index (Phi) is 4.36. The average Bonchev–Trinajstić information content (AvgIpc) is 2.68. The maximum absolute atomic E-state index is 2.70. The summed E-state index contributed by atoms with van der Waals surface area (Å²) in [7, 11) is 0. The van der Waals surface area contributed by atoms with Crippen LogP contribution >= 0.6 is 0 Å². The van der Waals surface area contributed by atoms with E-state index in [1.807, 2.05) is 0 Å². The fourth-order valence-electron chi connectivity index (χ4n) is 4.11. The van der Waals surface area contributed by atoms with Gasteiger partial charge >= 0.3 is 0 Å². The van der Waals surface area contributed by atoms with E-state index in [1.54, 1.807) is 0 Å². The maximum atomic E-state index is 2.70. The van der Waals surface area contributed by atoms with Crippen LogP contribution in [0.5, 0.6) is 0 Å². The van der Waals surface area contributed by atoms with E-state index >= 15 is 0 Å². The van der Waals surface area contributed by atoms with E-state index in [1.165, 1.54) is 47.7 Å². The lowest BCUT2D eigenvalue weighted by atomic mass is 9.91. The van der Waals surface area contributed by atoms with Crippen molar-refractivity contribution in [3.05, 3.63) is 83.9 Å². The normalized spacial score (nSPS) is 20.1. The van der Waals surface area contributed by atoms with Crippen molar-refractivity contribution in [1.29, 1.82) is 0 Å². The van der Waals surface area contributed by atoms with Gasteiger partial charge in [-0.1, -0.05) is 73.2 Å². The van der Waals surface area contributed by atoms with Crippen molar-refractivity contribution in [2.75, 3.05) is 6.54 Å². The summed E-state index contributed by atoms with van der Waals surface area (Å²) >= 11 is 0. The molecule has 1 heteroatoms. The molecule has 1 heterocycles. The molecule has 1 aliphatic rings. The van der Waals surface area contributed by atoms with Gasteiger partial charge in [0.1, 0.15) is 0 Å². The van der Waals surface area contributed by atoms with Crippen LogP contribution in [-0.4, -0.2) is 11.4 Å². The topological polar surface area (TPSA) is 3.24 Å². The molecule has 2 atom stereocenters. The highest BCUT2D eigenvalue weighted by molar-refractivity contribution is 5.83. The zero-order valence-electron chi connectivity index (χ0n) is 14.4. The number of piperidine rings is 1. The summed E-state index contributed by atoms with van der Waals surface area (Å²) in [6, 6.07) is 27.6. The molecule has 4 rings (SSSR count). The first-order valence-corrected chi connectivity index (χ1v) is 9.12. The van der Waals surface area contributed by atoms with Crippen LogP contribution in [0.4, 0.5) is 0 Å². The van der Waals surface area contributed by atoms with Gasteiger partial charge in [-0.15, -0.1) is 0 Å². The highest BCUT2D eigenvalue weighted by atomic mass is 15.2. The Bertz CT molecular complexity index is 808. The van der Waals surface area contributed by atoms with Gasteiger partial charge in [0.15, 0.2) is 0 Å². The molecule has 0 saturated carbocycles. The quantitative estimate of drug-likeness (QED) is 0.562. The molecule has 0 spiro atoms. The Morgan fingerprint density at radius 1 is 0.833 bits per heavy atom. The van der Waals surface area contributed by atoms with Gasteiger partial charge in [-0.2, -0.15) is 0 Å². The van der Waals surface area contributed by atoms with Crippen LogP contribution in [0.3, 0.4) is 0 Å². The molecule has 0 bridgehead atoms. The van der Waals surface area contributed by atoms with Crippen LogP contribution < -0.4 is 0 Å². The summed E-state index contributed by atoms with van der Waals surface area (Å²) in [5.74, 6) is 0. The number of hydrogen-bond acceptors (Lipinski definition) is 1. The standard InChI is InChI=1S/C23H25N/c1-18(19-9-3-2-4-10-19)24-16-8-7-13-23(24)22-15-14-20-11-5-6-12-21(20)17-22/h2-6,9-12,14-15,17-18,23H,7-8,13,16H2,1H3/t18-,23+/m1/s1. The first-order valence-electron chi connectivity index (χ1n) is 9.12. The summed E-state index contributed by atoms with van der Waals surface area (Å²) in [4.78, 5) is 2.70. The Morgan fingerprint density at radius 2 is 1.58 bits per heavy atom. The molecule has 122 valence electrons. The molecule has 0 amide bonds. The highest BCUT2D eigenvalue weighted by Gasteiger charge is 2.28. The van der Waals surface area contributed by atoms with Gasteiger partial charge in [0.2, 0.25) is 0 Å². The molecule has 1 aliphatic heterocycles. The highest BCUT2D eigenvalue weighted by Crippen LogP contribution is 2.38. The molecular formula is C23H25N. The van der Waals surface area contributed by atoms with E-state index in [9.17, 15) is 0 Å². The van der Waals surface area contributed by atoms with Crippen LogP contribution in [0.2, 0.25) is 0 Å². The molecule has 24 heavy (non-hydrogen) atoms. The van der Waals surface area contributed by atoms with E-state index in [4.69, 9.17) is 0 Å². The third-order valence-corrected chi connectivity index (χ3v) is 5.48. The number of likely N-dealkylation sites (tertiary alicyclic amines) is 1. The third-order valence-electron chi connectivity index (χ3n) is 5.48.